The number of ether oxygens (including phenoxy) is 1. The molecule has 0 saturated heterocycles. The molecule has 2 aromatic rings. The van der Waals surface area contributed by atoms with Gasteiger partial charge in [0.2, 0.25) is 5.78 Å². The van der Waals surface area contributed by atoms with Gasteiger partial charge in [0.1, 0.15) is 10.9 Å². The van der Waals surface area contributed by atoms with Crippen molar-refractivity contribution in [3.05, 3.63) is 70.3 Å². The average Bonchev–Trinajstić information content (AvgIpc) is 2.48. The van der Waals surface area contributed by atoms with Crippen molar-refractivity contribution in [1.82, 2.24) is 9.88 Å². The van der Waals surface area contributed by atoms with Gasteiger partial charge in [-0.2, -0.15) is 0 Å². The third-order valence-electron chi connectivity index (χ3n) is 2.65. The SMILES string of the molecule is CN(C)C=C(Oc1ccc(Cl)nc1)C(=O)c1ccccc1Cl. The third-order valence-corrected chi connectivity index (χ3v) is 3.20. The zero-order valence-electron chi connectivity index (χ0n) is 12.1. The first kappa shape index (κ1) is 16.3. The molecule has 0 atom stereocenters. The smallest absolute Gasteiger partial charge is 0.231 e. The lowest BCUT2D eigenvalue weighted by atomic mass is 10.1. The van der Waals surface area contributed by atoms with E-state index in [-0.39, 0.29) is 11.5 Å². The molecule has 4 nitrogen and oxygen atoms in total. The Hall–Kier alpha value is -2.04. The molecule has 0 saturated carbocycles. The maximum absolute atomic E-state index is 12.6. The average molecular weight is 337 g/mol. The fraction of sp³-hybridized carbons (Fsp3) is 0.125. The van der Waals surface area contributed by atoms with Crippen molar-refractivity contribution in [2.24, 2.45) is 0 Å². The summed E-state index contributed by atoms with van der Waals surface area (Å²) in [7, 11) is 3.59. The number of carbonyl (C=O) groups excluding carboxylic acids is 1. The largest absolute Gasteiger partial charge is 0.450 e. The van der Waals surface area contributed by atoms with Crippen LogP contribution in [0.4, 0.5) is 0 Å². The van der Waals surface area contributed by atoms with Crippen LogP contribution >= 0.6 is 23.2 Å². The summed E-state index contributed by atoms with van der Waals surface area (Å²) in [6.45, 7) is 0. The predicted molar refractivity (Wildman–Crippen MR) is 87.4 cm³/mol. The summed E-state index contributed by atoms with van der Waals surface area (Å²) in [5.41, 5.74) is 0.374. The molecule has 0 spiro atoms. The standard InChI is InChI=1S/C16H14Cl2N2O2/c1-20(2)10-14(22-11-7-8-15(18)19-9-11)16(21)12-5-3-4-6-13(12)17/h3-10H,1-2H3. The number of halogens is 2. The first-order valence-electron chi connectivity index (χ1n) is 6.44. The number of pyridine rings is 1. The highest BCUT2D eigenvalue weighted by Gasteiger charge is 2.18. The van der Waals surface area contributed by atoms with E-state index in [0.29, 0.717) is 21.5 Å². The number of hydrogen-bond donors (Lipinski definition) is 0. The van der Waals surface area contributed by atoms with Crippen LogP contribution in [0.25, 0.3) is 0 Å². The van der Waals surface area contributed by atoms with Gasteiger partial charge in [0.05, 0.1) is 11.2 Å². The summed E-state index contributed by atoms with van der Waals surface area (Å²) in [4.78, 5) is 18.3. The van der Waals surface area contributed by atoms with Crippen LogP contribution in [-0.2, 0) is 0 Å². The van der Waals surface area contributed by atoms with Crippen molar-refractivity contribution >= 4 is 29.0 Å². The molecule has 0 amide bonds. The van der Waals surface area contributed by atoms with E-state index in [4.69, 9.17) is 27.9 Å². The molecule has 0 aliphatic heterocycles. The molecule has 0 radical (unpaired) electrons. The van der Waals surface area contributed by atoms with Crippen molar-refractivity contribution < 1.29 is 9.53 Å². The minimum absolute atomic E-state index is 0.141. The zero-order chi connectivity index (χ0) is 16.1. The minimum Gasteiger partial charge on any atom is -0.450 e. The zero-order valence-corrected chi connectivity index (χ0v) is 13.6. The van der Waals surface area contributed by atoms with Crippen LogP contribution in [0.5, 0.6) is 5.75 Å². The number of benzene rings is 1. The van der Waals surface area contributed by atoms with Gasteiger partial charge in [-0.25, -0.2) is 4.98 Å². The van der Waals surface area contributed by atoms with Crippen molar-refractivity contribution in [2.45, 2.75) is 0 Å². The maximum atomic E-state index is 12.6. The first-order valence-corrected chi connectivity index (χ1v) is 7.20. The summed E-state index contributed by atoms with van der Waals surface area (Å²) in [6.07, 6.45) is 3.03. The second-order valence-electron chi connectivity index (χ2n) is 4.68. The lowest BCUT2D eigenvalue weighted by Crippen LogP contribution is -2.15. The molecule has 0 aliphatic carbocycles. The molecular formula is C16H14Cl2N2O2. The number of rotatable bonds is 5. The molecule has 0 bridgehead atoms. The third kappa shape index (κ3) is 4.23. The van der Waals surface area contributed by atoms with E-state index < -0.39 is 0 Å². The van der Waals surface area contributed by atoms with E-state index >= 15 is 0 Å². The molecule has 0 N–H and O–H groups in total. The van der Waals surface area contributed by atoms with Crippen LogP contribution in [0.3, 0.4) is 0 Å². The number of ketones is 1. The number of nitrogens with zero attached hydrogens (tertiary/aromatic N) is 2. The summed E-state index contributed by atoms with van der Waals surface area (Å²) in [6, 6.07) is 10.0. The van der Waals surface area contributed by atoms with Crippen molar-refractivity contribution in [3.8, 4) is 5.75 Å². The Morgan fingerprint density at radius 3 is 2.50 bits per heavy atom. The van der Waals surface area contributed by atoms with E-state index in [0.717, 1.165) is 0 Å². The van der Waals surface area contributed by atoms with E-state index in [1.807, 2.05) is 0 Å². The highest BCUT2D eigenvalue weighted by Crippen LogP contribution is 2.22. The predicted octanol–water partition coefficient (Wildman–Crippen LogP) is 4.05. The second-order valence-corrected chi connectivity index (χ2v) is 5.48. The minimum atomic E-state index is -0.311. The Kier molecular flexibility index (Phi) is 5.41. The number of aromatic nitrogens is 1. The quantitative estimate of drug-likeness (QED) is 0.357. The molecule has 1 heterocycles. The van der Waals surface area contributed by atoms with E-state index in [9.17, 15) is 4.79 Å². The van der Waals surface area contributed by atoms with Gasteiger partial charge in [-0.1, -0.05) is 35.3 Å². The Morgan fingerprint density at radius 2 is 1.91 bits per heavy atom. The molecule has 22 heavy (non-hydrogen) atoms. The molecule has 0 unspecified atom stereocenters. The molecule has 6 heteroatoms. The number of hydrogen-bond acceptors (Lipinski definition) is 4. The molecule has 1 aromatic carbocycles. The molecular weight excluding hydrogens is 323 g/mol. The Balaban J connectivity index is 2.33. The van der Waals surface area contributed by atoms with Gasteiger partial charge in [0.25, 0.3) is 0 Å². The summed E-state index contributed by atoms with van der Waals surface area (Å²) < 4.78 is 5.64. The summed E-state index contributed by atoms with van der Waals surface area (Å²) in [5, 5.41) is 0.720. The van der Waals surface area contributed by atoms with Gasteiger partial charge in [-0.3, -0.25) is 4.79 Å². The topological polar surface area (TPSA) is 42.4 Å². The summed E-state index contributed by atoms with van der Waals surface area (Å²) >= 11 is 11.8. The molecule has 114 valence electrons. The highest BCUT2D eigenvalue weighted by molar-refractivity contribution is 6.34. The van der Waals surface area contributed by atoms with Gasteiger partial charge in [0, 0.05) is 25.9 Å². The maximum Gasteiger partial charge on any atom is 0.231 e. The number of carbonyl (C=O) groups is 1. The Labute approximate surface area is 138 Å². The van der Waals surface area contributed by atoms with E-state index in [1.165, 1.54) is 6.20 Å². The first-order chi connectivity index (χ1) is 10.5. The highest BCUT2D eigenvalue weighted by atomic mass is 35.5. The van der Waals surface area contributed by atoms with Gasteiger partial charge in [0.15, 0.2) is 5.76 Å². The van der Waals surface area contributed by atoms with Crippen molar-refractivity contribution in [2.75, 3.05) is 14.1 Å². The molecule has 2 rings (SSSR count). The van der Waals surface area contributed by atoms with E-state index in [2.05, 4.69) is 4.98 Å². The monoisotopic (exact) mass is 336 g/mol. The molecule has 1 aromatic heterocycles. The number of allylic oxidation sites excluding steroid dienone is 1. The number of Topliss-reactive ketones (excluding diaryl/α,β-unsaturated/α-hetero) is 1. The fourth-order valence-corrected chi connectivity index (χ4v) is 2.03. The van der Waals surface area contributed by atoms with E-state index in [1.54, 1.807) is 61.6 Å². The van der Waals surface area contributed by atoms with Crippen LogP contribution in [0.2, 0.25) is 10.2 Å². The normalized spacial score (nSPS) is 11.2. The Morgan fingerprint density at radius 1 is 1.18 bits per heavy atom. The van der Waals surface area contributed by atoms with Crippen LogP contribution < -0.4 is 4.74 Å². The summed E-state index contributed by atoms with van der Waals surface area (Å²) in [5.74, 6) is 0.245. The van der Waals surface area contributed by atoms with Crippen molar-refractivity contribution in [3.63, 3.8) is 0 Å². The van der Waals surface area contributed by atoms with Crippen molar-refractivity contribution in [1.29, 1.82) is 0 Å². The fourth-order valence-electron chi connectivity index (χ4n) is 1.69. The van der Waals surface area contributed by atoms with Crippen LogP contribution in [0, 0.1) is 0 Å². The molecule has 0 fully saturated rings. The van der Waals surface area contributed by atoms with Gasteiger partial charge in [-0.05, 0) is 24.3 Å². The Bertz CT molecular complexity index is 698. The van der Waals surface area contributed by atoms with Gasteiger partial charge in [-0.15, -0.1) is 0 Å². The van der Waals surface area contributed by atoms with Crippen LogP contribution in [0.15, 0.2) is 54.6 Å². The van der Waals surface area contributed by atoms with Crippen LogP contribution in [0.1, 0.15) is 10.4 Å². The second kappa shape index (κ2) is 7.29. The van der Waals surface area contributed by atoms with Crippen LogP contribution in [-0.4, -0.2) is 29.8 Å². The molecule has 0 aliphatic rings. The van der Waals surface area contributed by atoms with Gasteiger partial charge >= 0.3 is 0 Å². The lowest BCUT2D eigenvalue weighted by Gasteiger charge is -2.13. The lowest BCUT2D eigenvalue weighted by molar-refractivity contribution is 0.0982. The van der Waals surface area contributed by atoms with Gasteiger partial charge < -0.3 is 9.64 Å².